The van der Waals surface area contributed by atoms with Gasteiger partial charge in [0, 0.05) is 22.7 Å². The largest absolute Gasteiger partial charge is 0.396 e. The molecule has 1 fully saturated rings. The summed E-state index contributed by atoms with van der Waals surface area (Å²) in [6.45, 7) is 5.49. The van der Waals surface area contributed by atoms with E-state index in [1.54, 1.807) is 13.8 Å². The lowest BCUT2D eigenvalue weighted by Crippen LogP contribution is -2.45. The Morgan fingerprint density at radius 3 is 2.86 bits per heavy atom. The number of aliphatic hydroxyl groups is 1. The molecule has 0 spiro atoms. The van der Waals surface area contributed by atoms with Crippen LogP contribution in [0.15, 0.2) is 4.79 Å². The Morgan fingerprint density at radius 1 is 1.52 bits per heavy atom. The Morgan fingerprint density at radius 2 is 2.24 bits per heavy atom. The Kier molecular flexibility index (Phi) is 4.46. The highest BCUT2D eigenvalue weighted by molar-refractivity contribution is 5.79. The molecule has 6 heteroatoms. The molecule has 1 aromatic heterocycles. The summed E-state index contributed by atoms with van der Waals surface area (Å²) in [5.74, 6) is 0.353. The minimum absolute atomic E-state index is 0.0203. The minimum atomic E-state index is -0.261. The first kappa shape index (κ1) is 15.7. The topological polar surface area (TPSA) is 95.1 Å². The lowest BCUT2D eigenvalue weighted by Gasteiger charge is -2.30. The van der Waals surface area contributed by atoms with Crippen LogP contribution in [0.25, 0.3) is 0 Å². The maximum atomic E-state index is 12.2. The number of rotatable bonds is 4. The molecule has 1 aliphatic rings. The zero-order valence-electron chi connectivity index (χ0n) is 12.8. The number of aryl methyl sites for hydroxylation is 2. The van der Waals surface area contributed by atoms with Crippen LogP contribution in [-0.2, 0) is 11.2 Å². The predicted octanol–water partition coefficient (Wildman–Crippen LogP) is 0.597. The first-order chi connectivity index (χ1) is 9.85. The smallest absolute Gasteiger partial charge is 0.254 e. The molecule has 2 rings (SSSR count). The van der Waals surface area contributed by atoms with Gasteiger partial charge in [-0.15, -0.1) is 0 Å². The van der Waals surface area contributed by atoms with Crippen LogP contribution in [0.5, 0.6) is 0 Å². The third kappa shape index (κ3) is 3.32. The summed E-state index contributed by atoms with van der Waals surface area (Å²) >= 11 is 0. The van der Waals surface area contributed by atoms with E-state index in [1.165, 1.54) is 0 Å². The summed E-state index contributed by atoms with van der Waals surface area (Å²) in [6.07, 6.45) is 2.78. The number of nitrogens with zero attached hydrogens (tertiary/aromatic N) is 1. The highest BCUT2D eigenvalue weighted by Crippen LogP contribution is 2.37. The molecule has 3 N–H and O–H groups in total. The summed E-state index contributed by atoms with van der Waals surface area (Å²) in [5, 5.41) is 12.5. The quantitative estimate of drug-likeness (QED) is 0.757. The molecule has 1 amide bonds. The van der Waals surface area contributed by atoms with Crippen LogP contribution >= 0.6 is 0 Å². The number of amides is 1. The fraction of sp³-hybridized carbons (Fsp3) is 0.667. The number of carbonyl (C=O) groups is 1. The summed E-state index contributed by atoms with van der Waals surface area (Å²) in [7, 11) is 0. The summed E-state index contributed by atoms with van der Waals surface area (Å²) < 4.78 is 0. The summed E-state index contributed by atoms with van der Waals surface area (Å²) in [4.78, 5) is 30.9. The zero-order chi connectivity index (χ0) is 15.6. The molecule has 1 aromatic rings. The van der Waals surface area contributed by atoms with Crippen LogP contribution in [0.4, 0.5) is 0 Å². The van der Waals surface area contributed by atoms with Crippen molar-refractivity contribution in [3.63, 3.8) is 0 Å². The monoisotopic (exact) mass is 293 g/mol. The molecule has 116 valence electrons. The number of hydrogen-bond donors (Lipinski definition) is 3. The van der Waals surface area contributed by atoms with Gasteiger partial charge in [0.25, 0.3) is 5.56 Å². The van der Waals surface area contributed by atoms with Gasteiger partial charge in [0.05, 0.1) is 13.0 Å². The molecule has 1 aliphatic carbocycles. The van der Waals surface area contributed by atoms with E-state index >= 15 is 0 Å². The highest BCUT2D eigenvalue weighted by atomic mass is 16.3. The van der Waals surface area contributed by atoms with Gasteiger partial charge in [-0.2, -0.15) is 0 Å². The maximum absolute atomic E-state index is 12.2. The van der Waals surface area contributed by atoms with Crippen LogP contribution in [-0.4, -0.2) is 33.6 Å². The molecule has 0 radical (unpaired) electrons. The molecule has 6 nitrogen and oxygen atoms in total. The van der Waals surface area contributed by atoms with Crippen LogP contribution in [0, 0.1) is 19.3 Å². The van der Waals surface area contributed by atoms with E-state index in [0.29, 0.717) is 17.1 Å². The second-order valence-corrected chi connectivity index (χ2v) is 6.22. The van der Waals surface area contributed by atoms with Gasteiger partial charge in [0.2, 0.25) is 5.91 Å². The van der Waals surface area contributed by atoms with E-state index in [4.69, 9.17) is 0 Å². The van der Waals surface area contributed by atoms with E-state index in [9.17, 15) is 14.7 Å². The predicted molar refractivity (Wildman–Crippen MR) is 79.0 cm³/mol. The number of aliphatic hydroxyl groups excluding tert-OH is 1. The molecule has 1 heterocycles. The molecule has 0 aliphatic heterocycles. The Labute approximate surface area is 124 Å². The van der Waals surface area contributed by atoms with Gasteiger partial charge in [-0.25, -0.2) is 4.98 Å². The lowest BCUT2D eigenvalue weighted by molar-refractivity contribution is -0.122. The first-order valence-electron chi connectivity index (χ1n) is 7.32. The van der Waals surface area contributed by atoms with Crippen molar-refractivity contribution in [3.8, 4) is 0 Å². The van der Waals surface area contributed by atoms with Crippen molar-refractivity contribution in [3.05, 3.63) is 27.4 Å². The number of H-pyrrole nitrogens is 1. The van der Waals surface area contributed by atoms with Crippen molar-refractivity contribution >= 4 is 5.91 Å². The van der Waals surface area contributed by atoms with Gasteiger partial charge in [-0.05, 0) is 26.7 Å². The molecule has 0 aromatic carbocycles. The lowest BCUT2D eigenvalue weighted by atomic mass is 9.85. The second kappa shape index (κ2) is 5.97. The van der Waals surface area contributed by atoms with Crippen molar-refractivity contribution in [2.45, 2.75) is 52.5 Å². The molecule has 0 bridgehead atoms. The third-order valence-corrected chi connectivity index (χ3v) is 4.46. The molecule has 2 unspecified atom stereocenters. The van der Waals surface area contributed by atoms with Gasteiger partial charge in [0.15, 0.2) is 0 Å². The molecule has 1 saturated carbocycles. The van der Waals surface area contributed by atoms with Crippen molar-refractivity contribution in [1.29, 1.82) is 0 Å². The summed E-state index contributed by atoms with van der Waals surface area (Å²) in [5.41, 5.74) is 0.471. The molecule has 2 atom stereocenters. The van der Waals surface area contributed by atoms with Gasteiger partial charge in [0.1, 0.15) is 5.82 Å². The maximum Gasteiger partial charge on any atom is 0.254 e. The van der Waals surface area contributed by atoms with Crippen molar-refractivity contribution in [1.82, 2.24) is 15.3 Å². The molecular weight excluding hydrogens is 270 g/mol. The van der Waals surface area contributed by atoms with Crippen LogP contribution in [0.1, 0.15) is 43.3 Å². The third-order valence-electron chi connectivity index (χ3n) is 4.46. The van der Waals surface area contributed by atoms with Crippen LogP contribution in [0.3, 0.4) is 0 Å². The second-order valence-electron chi connectivity index (χ2n) is 6.22. The van der Waals surface area contributed by atoms with Gasteiger partial charge in [-0.3, -0.25) is 9.59 Å². The molecular formula is C15H23N3O3. The van der Waals surface area contributed by atoms with E-state index in [1.807, 2.05) is 6.92 Å². The Hall–Kier alpha value is -1.69. The fourth-order valence-electron chi connectivity index (χ4n) is 3.03. The van der Waals surface area contributed by atoms with Gasteiger partial charge in [-0.1, -0.05) is 13.3 Å². The van der Waals surface area contributed by atoms with Crippen molar-refractivity contribution < 1.29 is 9.90 Å². The van der Waals surface area contributed by atoms with Crippen LogP contribution in [0.2, 0.25) is 0 Å². The number of aromatic nitrogens is 2. The first-order valence-corrected chi connectivity index (χ1v) is 7.32. The van der Waals surface area contributed by atoms with E-state index in [2.05, 4.69) is 15.3 Å². The molecule has 0 saturated heterocycles. The number of aromatic amines is 1. The van der Waals surface area contributed by atoms with Gasteiger partial charge < -0.3 is 15.4 Å². The standard InChI is InChI=1S/C15H23N3O3/c1-9-11(14(21)17-10(2)16-9)7-13(20)18-12-5-4-6-15(12,3)8-19/h12,19H,4-8H2,1-3H3,(H,18,20)(H,16,17,21). The highest BCUT2D eigenvalue weighted by Gasteiger charge is 2.39. The van der Waals surface area contributed by atoms with Gasteiger partial charge >= 0.3 is 0 Å². The zero-order valence-corrected chi connectivity index (χ0v) is 12.8. The normalized spacial score (nSPS) is 25.0. The number of hydrogen-bond acceptors (Lipinski definition) is 4. The fourth-order valence-corrected chi connectivity index (χ4v) is 3.03. The Balaban J connectivity index is 2.08. The van der Waals surface area contributed by atoms with E-state index < -0.39 is 0 Å². The minimum Gasteiger partial charge on any atom is -0.396 e. The van der Waals surface area contributed by atoms with Crippen molar-refractivity contribution in [2.75, 3.05) is 6.61 Å². The summed E-state index contributed by atoms with van der Waals surface area (Å²) in [6, 6.07) is -0.0344. The van der Waals surface area contributed by atoms with E-state index in [0.717, 1.165) is 19.3 Å². The number of nitrogens with one attached hydrogen (secondary N) is 2. The Bertz CT molecular complexity index is 596. The van der Waals surface area contributed by atoms with E-state index in [-0.39, 0.29) is 36.0 Å². The SMILES string of the molecule is Cc1nc(C)c(CC(=O)NC2CCCC2(C)CO)c(=O)[nH]1. The number of carbonyl (C=O) groups excluding carboxylic acids is 1. The molecule has 21 heavy (non-hydrogen) atoms. The van der Waals surface area contributed by atoms with Crippen molar-refractivity contribution in [2.24, 2.45) is 5.41 Å². The van der Waals surface area contributed by atoms with Crippen LogP contribution < -0.4 is 10.9 Å². The average Bonchev–Trinajstić information content (AvgIpc) is 2.76. The average molecular weight is 293 g/mol.